The average molecular weight is 273 g/mol. The summed E-state index contributed by atoms with van der Waals surface area (Å²) in [6, 6.07) is 10.2. The van der Waals surface area contributed by atoms with Gasteiger partial charge in [0.25, 0.3) is 0 Å². The highest BCUT2D eigenvalue weighted by Crippen LogP contribution is 2.32. The smallest absolute Gasteiger partial charge is 0.0455 e. The monoisotopic (exact) mass is 273 g/mol. The normalized spacial score (nSPS) is 31.3. The molecule has 110 valence electrons. The van der Waals surface area contributed by atoms with Crippen molar-refractivity contribution >= 4 is 0 Å². The summed E-state index contributed by atoms with van der Waals surface area (Å²) >= 11 is 0. The molecule has 1 aromatic carbocycles. The fourth-order valence-corrected chi connectivity index (χ4v) is 3.88. The lowest BCUT2D eigenvalue weighted by Gasteiger charge is -2.32. The molecule has 20 heavy (non-hydrogen) atoms. The Bertz CT molecular complexity index is 457. The molecule has 1 aromatic rings. The predicted molar refractivity (Wildman–Crippen MR) is 83.8 cm³/mol. The molecule has 1 heterocycles. The number of rotatable bonds is 2. The maximum Gasteiger partial charge on any atom is 0.0455 e. The van der Waals surface area contributed by atoms with E-state index in [1.165, 1.54) is 49.9 Å². The van der Waals surface area contributed by atoms with Crippen molar-refractivity contribution in [1.29, 1.82) is 0 Å². The first kappa shape index (κ1) is 14.1. The first-order chi connectivity index (χ1) is 9.66. The van der Waals surface area contributed by atoms with E-state index in [0.29, 0.717) is 12.1 Å². The van der Waals surface area contributed by atoms with Crippen LogP contribution in [0.5, 0.6) is 0 Å². The summed E-state index contributed by atoms with van der Waals surface area (Å²) in [7, 11) is 4.38. The number of nitrogens with zero attached hydrogens (tertiary/aromatic N) is 2. The third-order valence-electron chi connectivity index (χ3n) is 5.17. The minimum atomic E-state index is 0.176. The molecule has 0 saturated carbocycles. The Morgan fingerprint density at radius 1 is 1.20 bits per heavy atom. The van der Waals surface area contributed by atoms with Crippen LogP contribution in [-0.2, 0) is 6.42 Å². The standard InChI is InChI=1S/C17H27N3/c1-19(2)14-10-11-20(12-14)16-9-5-7-13-6-3-4-8-15(13)17(16)18/h3-4,6,8,14,16-17H,5,7,9-12,18H2,1-2H3. The van der Waals surface area contributed by atoms with Gasteiger partial charge < -0.3 is 10.6 Å². The van der Waals surface area contributed by atoms with Crippen LogP contribution < -0.4 is 5.73 Å². The SMILES string of the molecule is CN(C)C1CCN(C2CCCc3ccccc3C2N)C1. The highest BCUT2D eigenvalue weighted by Gasteiger charge is 2.34. The summed E-state index contributed by atoms with van der Waals surface area (Å²) in [6.45, 7) is 2.37. The molecule has 3 unspecified atom stereocenters. The fourth-order valence-electron chi connectivity index (χ4n) is 3.88. The van der Waals surface area contributed by atoms with Crippen molar-refractivity contribution in [2.24, 2.45) is 5.73 Å². The van der Waals surface area contributed by atoms with Crippen molar-refractivity contribution in [3.8, 4) is 0 Å². The Kier molecular flexibility index (Phi) is 4.11. The molecule has 0 radical (unpaired) electrons. The van der Waals surface area contributed by atoms with E-state index in [-0.39, 0.29) is 6.04 Å². The van der Waals surface area contributed by atoms with Crippen molar-refractivity contribution in [2.75, 3.05) is 27.2 Å². The summed E-state index contributed by atoms with van der Waals surface area (Å²) in [6.07, 6.45) is 4.96. The molecule has 2 N–H and O–H groups in total. The second kappa shape index (κ2) is 5.84. The van der Waals surface area contributed by atoms with Gasteiger partial charge in [-0.3, -0.25) is 4.90 Å². The fraction of sp³-hybridized carbons (Fsp3) is 0.647. The van der Waals surface area contributed by atoms with Gasteiger partial charge in [0.1, 0.15) is 0 Å². The van der Waals surface area contributed by atoms with E-state index in [0.717, 1.165) is 0 Å². The van der Waals surface area contributed by atoms with Crippen LogP contribution in [0, 0.1) is 0 Å². The number of nitrogens with two attached hydrogens (primary N) is 1. The number of likely N-dealkylation sites (N-methyl/N-ethyl adjacent to an activating group) is 1. The predicted octanol–water partition coefficient (Wildman–Crippen LogP) is 2.03. The molecule has 1 aliphatic heterocycles. The molecular weight excluding hydrogens is 246 g/mol. The minimum Gasteiger partial charge on any atom is -0.323 e. The molecule has 3 rings (SSSR count). The first-order valence-corrected chi connectivity index (χ1v) is 7.90. The van der Waals surface area contributed by atoms with Crippen LogP contribution in [0.25, 0.3) is 0 Å². The van der Waals surface area contributed by atoms with E-state index in [1.54, 1.807) is 0 Å². The van der Waals surface area contributed by atoms with Crippen LogP contribution in [0.2, 0.25) is 0 Å². The van der Waals surface area contributed by atoms with Crippen LogP contribution in [-0.4, -0.2) is 49.1 Å². The highest BCUT2D eigenvalue weighted by molar-refractivity contribution is 5.32. The summed E-state index contributed by atoms with van der Waals surface area (Å²) in [5.74, 6) is 0. The average Bonchev–Trinajstić information content (AvgIpc) is 2.87. The lowest BCUT2D eigenvalue weighted by molar-refractivity contribution is 0.182. The van der Waals surface area contributed by atoms with E-state index in [4.69, 9.17) is 5.73 Å². The zero-order valence-corrected chi connectivity index (χ0v) is 12.8. The molecule has 3 nitrogen and oxygen atoms in total. The number of benzene rings is 1. The van der Waals surface area contributed by atoms with Gasteiger partial charge in [-0.2, -0.15) is 0 Å². The Balaban J connectivity index is 1.78. The summed E-state index contributed by atoms with van der Waals surface area (Å²) < 4.78 is 0. The second-order valence-corrected chi connectivity index (χ2v) is 6.59. The number of fused-ring (bicyclic) bond motifs is 1. The van der Waals surface area contributed by atoms with Gasteiger partial charge in [-0.15, -0.1) is 0 Å². The van der Waals surface area contributed by atoms with Crippen molar-refractivity contribution in [2.45, 2.75) is 43.8 Å². The van der Waals surface area contributed by atoms with Crippen molar-refractivity contribution < 1.29 is 0 Å². The van der Waals surface area contributed by atoms with E-state index < -0.39 is 0 Å². The van der Waals surface area contributed by atoms with E-state index in [1.807, 2.05) is 0 Å². The third-order valence-corrected chi connectivity index (χ3v) is 5.17. The molecule has 0 bridgehead atoms. The first-order valence-electron chi connectivity index (χ1n) is 7.90. The number of likely N-dealkylation sites (tertiary alicyclic amines) is 1. The Labute approximate surface area is 122 Å². The molecule has 0 spiro atoms. The zero-order chi connectivity index (χ0) is 14.1. The van der Waals surface area contributed by atoms with Gasteiger partial charge in [0.15, 0.2) is 0 Å². The van der Waals surface area contributed by atoms with Gasteiger partial charge in [0.05, 0.1) is 0 Å². The number of hydrogen-bond donors (Lipinski definition) is 1. The summed E-state index contributed by atoms with van der Waals surface area (Å²) in [4.78, 5) is 4.99. The molecule has 3 atom stereocenters. The molecule has 0 aromatic heterocycles. The van der Waals surface area contributed by atoms with Gasteiger partial charge in [-0.1, -0.05) is 24.3 Å². The highest BCUT2D eigenvalue weighted by atomic mass is 15.3. The molecule has 3 heteroatoms. The van der Waals surface area contributed by atoms with Gasteiger partial charge in [-0.05, 0) is 50.9 Å². The lowest BCUT2D eigenvalue weighted by atomic mass is 9.96. The number of aryl methyl sites for hydroxylation is 1. The molecule has 1 saturated heterocycles. The lowest BCUT2D eigenvalue weighted by Crippen LogP contribution is -2.42. The van der Waals surface area contributed by atoms with Crippen molar-refractivity contribution in [3.05, 3.63) is 35.4 Å². The number of hydrogen-bond acceptors (Lipinski definition) is 3. The zero-order valence-electron chi connectivity index (χ0n) is 12.8. The van der Waals surface area contributed by atoms with Gasteiger partial charge in [0.2, 0.25) is 0 Å². The topological polar surface area (TPSA) is 32.5 Å². The summed E-state index contributed by atoms with van der Waals surface area (Å²) in [5.41, 5.74) is 9.48. The Hall–Kier alpha value is -0.900. The molecule has 2 aliphatic rings. The molecule has 1 aliphatic carbocycles. The largest absolute Gasteiger partial charge is 0.323 e. The van der Waals surface area contributed by atoms with Crippen LogP contribution in [0.15, 0.2) is 24.3 Å². The molecular formula is C17H27N3. The maximum absolute atomic E-state index is 6.64. The van der Waals surface area contributed by atoms with Crippen molar-refractivity contribution in [1.82, 2.24) is 9.80 Å². The van der Waals surface area contributed by atoms with E-state index >= 15 is 0 Å². The Morgan fingerprint density at radius 2 is 2.00 bits per heavy atom. The quantitative estimate of drug-likeness (QED) is 0.837. The third kappa shape index (κ3) is 2.62. The van der Waals surface area contributed by atoms with Crippen LogP contribution in [0.3, 0.4) is 0 Å². The molecule has 1 fully saturated rings. The maximum atomic E-state index is 6.64. The second-order valence-electron chi connectivity index (χ2n) is 6.59. The van der Waals surface area contributed by atoms with Gasteiger partial charge >= 0.3 is 0 Å². The van der Waals surface area contributed by atoms with Crippen LogP contribution in [0.1, 0.15) is 36.4 Å². The minimum absolute atomic E-state index is 0.176. The Morgan fingerprint density at radius 3 is 2.75 bits per heavy atom. The summed E-state index contributed by atoms with van der Waals surface area (Å²) in [5, 5.41) is 0. The van der Waals surface area contributed by atoms with E-state index in [2.05, 4.69) is 48.2 Å². The van der Waals surface area contributed by atoms with Gasteiger partial charge in [-0.25, -0.2) is 0 Å². The van der Waals surface area contributed by atoms with Crippen molar-refractivity contribution in [3.63, 3.8) is 0 Å². The van der Waals surface area contributed by atoms with Crippen LogP contribution >= 0.6 is 0 Å². The molecule has 0 amide bonds. The van der Waals surface area contributed by atoms with E-state index in [9.17, 15) is 0 Å². The van der Waals surface area contributed by atoms with Gasteiger partial charge in [0, 0.05) is 31.2 Å². The van der Waals surface area contributed by atoms with Crippen LogP contribution in [0.4, 0.5) is 0 Å².